The molecule has 0 bridgehead atoms. The van der Waals surface area contributed by atoms with Crippen LogP contribution in [0.1, 0.15) is 31.2 Å². The number of benzene rings is 1. The third-order valence-electron chi connectivity index (χ3n) is 6.68. The third-order valence-corrected chi connectivity index (χ3v) is 8.36. The van der Waals surface area contributed by atoms with Crippen molar-refractivity contribution in [2.45, 2.75) is 43.5 Å². The lowest BCUT2D eigenvalue weighted by molar-refractivity contribution is -0.117. The molecule has 0 saturated heterocycles. The van der Waals surface area contributed by atoms with Gasteiger partial charge in [0.2, 0.25) is 0 Å². The minimum absolute atomic E-state index is 0.229. The number of fused-ring (bicyclic) bond motifs is 2. The summed E-state index contributed by atoms with van der Waals surface area (Å²) in [5.41, 5.74) is 1.38. The summed E-state index contributed by atoms with van der Waals surface area (Å²) in [6.07, 6.45) is 6.31. The van der Waals surface area contributed by atoms with Gasteiger partial charge in [-0.05, 0) is 49.8 Å². The van der Waals surface area contributed by atoms with E-state index in [1.165, 1.54) is 10.3 Å². The summed E-state index contributed by atoms with van der Waals surface area (Å²) in [5, 5.41) is 0.712. The molecular formula is C22H24N4O3S. The molecule has 1 unspecified atom stereocenters. The van der Waals surface area contributed by atoms with Crippen molar-refractivity contribution in [3.05, 3.63) is 48.4 Å². The maximum Gasteiger partial charge on any atom is 0.269 e. The fraction of sp³-hybridized carbons (Fsp3) is 0.409. The van der Waals surface area contributed by atoms with Crippen molar-refractivity contribution in [2.24, 2.45) is 11.8 Å². The van der Waals surface area contributed by atoms with Crippen LogP contribution in [0.5, 0.6) is 0 Å². The summed E-state index contributed by atoms with van der Waals surface area (Å²) >= 11 is 0. The Kier molecular flexibility index (Phi) is 4.43. The number of rotatable bonds is 4. The smallest absolute Gasteiger partial charge is 0.269 e. The summed E-state index contributed by atoms with van der Waals surface area (Å²) in [6.45, 7) is 1.92. The summed E-state index contributed by atoms with van der Waals surface area (Å²) in [4.78, 5) is 22.8. The quantitative estimate of drug-likeness (QED) is 0.640. The van der Waals surface area contributed by atoms with E-state index in [9.17, 15) is 13.2 Å². The lowest BCUT2D eigenvalue weighted by atomic mass is 10.0. The second-order valence-electron chi connectivity index (χ2n) is 8.57. The van der Waals surface area contributed by atoms with E-state index in [-0.39, 0.29) is 4.90 Å². The molecule has 2 heterocycles. The SMILES string of the molecule is Cc1ccc(S(=O)(=O)n2ccc3c(N(C)[C@H]4CC5CC(=O)C[C@@H]5C4)ncnc32)cc1. The number of ketones is 1. The Labute approximate surface area is 175 Å². The Balaban J connectivity index is 1.50. The highest BCUT2D eigenvalue weighted by Crippen LogP contribution is 2.45. The lowest BCUT2D eigenvalue weighted by Crippen LogP contribution is -2.31. The normalized spacial score (nSPS) is 23.8. The molecule has 5 rings (SSSR count). The van der Waals surface area contributed by atoms with Crippen LogP contribution in [-0.2, 0) is 14.8 Å². The van der Waals surface area contributed by atoms with Crippen molar-refractivity contribution < 1.29 is 13.2 Å². The number of anilines is 1. The highest BCUT2D eigenvalue weighted by Gasteiger charge is 2.42. The summed E-state index contributed by atoms with van der Waals surface area (Å²) in [5.74, 6) is 2.05. The van der Waals surface area contributed by atoms with Gasteiger partial charge in [-0.3, -0.25) is 4.79 Å². The van der Waals surface area contributed by atoms with Crippen LogP contribution in [0.15, 0.2) is 47.8 Å². The molecule has 156 valence electrons. The first-order chi connectivity index (χ1) is 14.3. The van der Waals surface area contributed by atoms with Crippen molar-refractivity contribution >= 4 is 32.7 Å². The van der Waals surface area contributed by atoms with Crippen molar-refractivity contribution in [3.8, 4) is 0 Å². The summed E-state index contributed by atoms with van der Waals surface area (Å²) < 4.78 is 27.6. The van der Waals surface area contributed by atoms with E-state index in [1.54, 1.807) is 36.5 Å². The van der Waals surface area contributed by atoms with Crippen LogP contribution in [0, 0.1) is 18.8 Å². The van der Waals surface area contributed by atoms with Crippen molar-refractivity contribution in [2.75, 3.05) is 11.9 Å². The Morgan fingerprint density at radius 2 is 1.70 bits per heavy atom. The van der Waals surface area contributed by atoms with Gasteiger partial charge in [0.05, 0.1) is 10.3 Å². The van der Waals surface area contributed by atoms with E-state index in [2.05, 4.69) is 14.9 Å². The average molecular weight is 425 g/mol. The molecule has 0 aliphatic heterocycles. The fourth-order valence-electron chi connectivity index (χ4n) is 5.05. The first kappa shape index (κ1) is 19.2. The number of carbonyl (C=O) groups is 1. The van der Waals surface area contributed by atoms with E-state index in [4.69, 9.17) is 0 Å². The van der Waals surface area contributed by atoms with Crippen LogP contribution in [0.3, 0.4) is 0 Å². The van der Waals surface area contributed by atoms with Gasteiger partial charge in [-0.25, -0.2) is 22.4 Å². The molecule has 3 atom stereocenters. The number of aryl methyl sites for hydroxylation is 1. The first-order valence-electron chi connectivity index (χ1n) is 10.2. The molecule has 2 aliphatic rings. The minimum atomic E-state index is -3.75. The van der Waals surface area contributed by atoms with Gasteiger partial charge in [-0.2, -0.15) is 0 Å². The van der Waals surface area contributed by atoms with Gasteiger partial charge in [-0.15, -0.1) is 0 Å². The molecule has 3 aromatic rings. The van der Waals surface area contributed by atoms with Crippen LogP contribution in [-0.4, -0.2) is 41.2 Å². The number of hydrogen-bond acceptors (Lipinski definition) is 6. The van der Waals surface area contributed by atoms with E-state index in [0.717, 1.165) is 24.2 Å². The van der Waals surface area contributed by atoms with Gasteiger partial charge in [0, 0.05) is 32.1 Å². The third kappa shape index (κ3) is 3.01. The highest BCUT2D eigenvalue weighted by atomic mass is 32.2. The fourth-order valence-corrected chi connectivity index (χ4v) is 6.35. The lowest BCUT2D eigenvalue weighted by Gasteiger charge is -2.26. The Morgan fingerprint density at radius 3 is 2.37 bits per heavy atom. The molecule has 2 aromatic heterocycles. The van der Waals surface area contributed by atoms with Crippen LogP contribution in [0.25, 0.3) is 11.0 Å². The van der Waals surface area contributed by atoms with E-state index in [1.807, 2.05) is 14.0 Å². The largest absolute Gasteiger partial charge is 0.356 e. The predicted octanol–water partition coefficient (Wildman–Crippen LogP) is 3.17. The molecule has 2 saturated carbocycles. The second-order valence-corrected chi connectivity index (χ2v) is 10.4. The Hall–Kier alpha value is -2.74. The topological polar surface area (TPSA) is 85.2 Å². The zero-order valence-electron chi connectivity index (χ0n) is 17.0. The van der Waals surface area contributed by atoms with E-state index >= 15 is 0 Å². The molecule has 0 amide bonds. The molecule has 0 spiro atoms. The molecule has 1 aromatic carbocycles. The van der Waals surface area contributed by atoms with Crippen LogP contribution >= 0.6 is 0 Å². The zero-order valence-corrected chi connectivity index (χ0v) is 17.8. The second kappa shape index (κ2) is 6.91. The van der Waals surface area contributed by atoms with Crippen molar-refractivity contribution in [3.63, 3.8) is 0 Å². The molecule has 7 nitrogen and oxygen atoms in total. The average Bonchev–Trinajstić information content (AvgIpc) is 3.40. The summed E-state index contributed by atoms with van der Waals surface area (Å²) in [6, 6.07) is 8.87. The molecule has 2 aliphatic carbocycles. The molecular weight excluding hydrogens is 400 g/mol. The molecule has 0 radical (unpaired) electrons. The highest BCUT2D eigenvalue weighted by molar-refractivity contribution is 7.90. The van der Waals surface area contributed by atoms with Crippen LogP contribution in [0.2, 0.25) is 0 Å². The van der Waals surface area contributed by atoms with E-state index < -0.39 is 10.0 Å². The first-order valence-corrected chi connectivity index (χ1v) is 11.7. The molecule has 0 N–H and O–H groups in total. The number of hydrogen-bond donors (Lipinski definition) is 0. The standard InChI is InChI=1S/C22H24N4O3S/c1-14-3-5-19(6-4-14)30(28,29)26-8-7-20-21(23-13-24-22(20)26)25(2)17-9-15-11-18(27)12-16(15)10-17/h3-8,13,15-17H,9-12H2,1-2H3/t15-,16?,17+/m0/s1. The Bertz CT molecular complexity index is 1220. The van der Waals surface area contributed by atoms with Gasteiger partial charge in [0.1, 0.15) is 17.9 Å². The van der Waals surface area contributed by atoms with Crippen molar-refractivity contribution in [1.29, 1.82) is 0 Å². The minimum Gasteiger partial charge on any atom is -0.356 e. The zero-order chi connectivity index (χ0) is 21.0. The maximum atomic E-state index is 13.2. The predicted molar refractivity (Wildman–Crippen MR) is 114 cm³/mol. The number of aromatic nitrogens is 3. The molecule has 2 fully saturated rings. The maximum absolute atomic E-state index is 13.2. The number of Topliss-reactive ketones (excluding diaryl/α,β-unsaturated/α-hetero) is 1. The summed E-state index contributed by atoms with van der Waals surface area (Å²) in [7, 11) is -1.75. The van der Waals surface area contributed by atoms with Crippen LogP contribution < -0.4 is 4.90 Å². The van der Waals surface area contributed by atoms with Gasteiger partial charge in [-0.1, -0.05) is 17.7 Å². The molecule has 8 heteroatoms. The van der Waals surface area contributed by atoms with Gasteiger partial charge < -0.3 is 4.90 Å². The number of carbonyl (C=O) groups excluding carboxylic acids is 1. The van der Waals surface area contributed by atoms with Crippen LogP contribution in [0.4, 0.5) is 5.82 Å². The van der Waals surface area contributed by atoms with E-state index in [0.29, 0.717) is 47.5 Å². The van der Waals surface area contributed by atoms with Crippen molar-refractivity contribution in [1.82, 2.24) is 13.9 Å². The Morgan fingerprint density at radius 1 is 1.03 bits per heavy atom. The molecule has 30 heavy (non-hydrogen) atoms. The van der Waals surface area contributed by atoms with Gasteiger partial charge >= 0.3 is 0 Å². The monoisotopic (exact) mass is 424 g/mol. The van der Waals surface area contributed by atoms with Gasteiger partial charge in [0.15, 0.2) is 5.65 Å². The number of nitrogens with zero attached hydrogens (tertiary/aromatic N) is 4. The van der Waals surface area contributed by atoms with Gasteiger partial charge in [0.25, 0.3) is 10.0 Å².